The molecule has 0 saturated heterocycles. The van der Waals surface area contributed by atoms with E-state index in [1.54, 1.807) is 6.08 Å². The van der Waals surface area contributed by atoms with Gasteiger partial charge in [0.2, 0.25) is 0 Å². The van der Waals surface area contributed by atoms with E-state index in [0.29, 0.717) is 13.0 Å². The molecule has 0 aliphatic heterocycles. The van der Waals surface area contributed by atoms with E-state index in [-0.39, 0.29) is 0 Å². The molecule has 0 radical (unpaired) electrons. The molecule has 0 fully saturated rings. The topological polar surface area (TPSA) is 69.6 Å². The summed E-state index contributed by atoms with van der Waals surface area (Å²) in [5.41, 5.74) is 2.14. The van der Waals surface area contributed by atoms with E-state index in [9.17, 15) is 4.79 Å². The second-order valence-corrected chi connectivity index (χ2v) is 3.69. The molecule has 0 heterocycles. The van der Waals surface area contributed by atoms with Crippen molar-refractivity contribution in [2.45, 2.75) is 12.5 Å². The molecule has 4 nitrogen and oxygen atoms in total. The van der Waals surface area contributed by atoms with Crippen LogP contribution in [0.15, 0.2) is 30.8 Å². The van der Waals surface area contributed by atoms with Crippen molar-refractivity contribution in [3.8, 4) is 0 Å². The number of hydrogen-bond acceptors (Lipinski definition) is 3. The summed E-state index contributed by atoms with van der Waals surface area (Å²) >= 11 is 0. The quantitative estimate of drug-likeness (QED) is 0.666. The monoisotopic (exact) mass is 235 g/mol. The average molecular weight is 235 g/mol. The van der Waals surface area contributed by atoms with Gasteiger partial charge in [0.15, 0.2) is 6.10 Å². The van der Waals surface area contributed by atoms with Crippen LogP contribution in [0.25, 0.3) is 6.08 Å². The number of benzene rings is 1. The summed E-state index contributed by atoms with van der Waals surface area (Å²) in [6, 6.07) is 7.83. The van der Waals surface area contributed by atoms with Crippen molar-refractivity contribution in [2.75, 3.05) is 13.2 Å². The highest BCUT2D eigenvalue weighted by molar-refractivity contribution is 5.80. The van der Waals surface area contributed by atoms with Gasteiger partial charge in [-0.3, -0.25) is 4.79 Å². The van der Waals surface area contributed by atoms with E-state index >= 15 is 0 Å². The number of aliphatic hydroxyl groups is 2. The Morgan fingerprint density at radius 2 is 2.06 bits per heavy atom. The van der Waals surface area contributed by atoms with Gasteiger partial charge in [-0.2, -0.15) is 0 Å². The molecule has 0 bridgehead atoms. The fourth-order valence-electron chi connectivity index (χ4n) is 1.35. The van der Waals surface area contributed by atoms with E-state index in [1.165, 1.54) is 0 Å². The van der Waals surface area contributed by atoms with E-state index in [0.717, 1.165) is 11.1 Å². The SMILES string of the molecule is C=Cc1ccc(CCNC(=O)[C@H](O)CO)cc1. The molecule has 0 spiro atoms. The summed E-state index contributed by atoms with van der Waals surface area (Å²) < 4.78 is 0. The molecule has 1 aromatic rings. The van der Waals surface area contributed by atoms with Crippen molar-refractivity contribution in [1.29, 1.82) is 0 Å². The molecular weight excluding hydrogens is 218 g/mol. The maximum absolute atomic E-state index is 11.1. The third-order valence-electron chi connectivity index (χ3n) is 2.40. The third kappa shape index (κ3) is 4.38. The average Bonchev–Trinajstić information content (AvgIpc) is 2.38. The molecule has 0 saturated carbocycles. The predicted molar refractivity (Wildman–Crippen MR) is 66.3 cm³/mol. The fourth-order valence-corrected chi connectivity index (χ4v) is 1.35. The van der Waals surface area contributed by atoms with Crippen LogP contribution in [0, 0.1) is 0 Å². The first-order chi connectivity index (χ1) is 8.17. The Labute approximate surface area is 101 Å². The minimum Gasteiger partial charge on any atom is -0.393 e. The van der Waals surface area contributed by atoms with Gasteiger partial charge in [-0.1, -0.05) is 36.9 Å². The maximum atomic E-state index is 11.1. The first kappa shape index (κ1) is 13.4. The lowest BCUT2D eigenvalue weighted by Gasteiger charge is -2.08. The van der Waals surface area contributed by atoms with Crippen molar-refractivity contribution in [3.05, 3.63) is 42.0 Å². The Hall–Kier alpha value is -1.65. The molecule has 0 aliphatic rings. The Balaban J connectivity index is 2.35. The van der Waals surface area contributed by atoms with Crippen LogP contribution in [0.4, 0.5) is 0 Å². The fraction of sp³-hybridized carbons (Fsp3) is 0.308. The Morgan fingerprint density at radius 3 is 2.59 bits per heavy atom. The molecule has 92 valence electrons. The molecule has 0 unspecified atom stereocenters. The number of nitrogens with one attached hydrogen (secondary N) is 1. The van der Waals surface area contributed by atoms with Crippen LogP contribution < -0.4 is 5.32 Å². The van der Waals surface area contributed by atoms with E-state index in [2.05, 4.69) is 11.9 Å². The van der Waals surface area contributed by atoms with Gasteiger partial charge in [0.1, 0.15) is 0 Å². The Bertz CT molecular complexity index is 373. The largest absolute Gasteiger partial charge is 0.393 e. The van der Waals surface area contributed by atoms with Crippen LogP contribution in [0.3, 0.4) is 0 Å². The zero-order valence-electron chi connectivity index (χ0n) is 9.60. The maximum Gasteiger partial charge on any atom is 0.251 e. The third-order valence-corrected chi connectivity index (χ3v) is 2.40. The molecule has 4 heteroatoms. The molecule has 1 atom stereocenters. The minimum absolute atomic E-state index is 0.434. The van der Waals surface area contributed by atoms with Gasteiger partial charge in [-0.05, 0) is 17.5 Å². The Kier molecular flexibility index (Phi) is 5.39. The number of amides is 1. The number of rotatable bonds is 6. The van der Waals surface area contributed by atoms with Crippen LogP contribution in [-0.2, 0) is 11.2 Å². The van der Waals surface area contributed by atoms with Crippen molar-refractivity contribution in [3.63, 3.8) is 0 Å². The predicted octanol–water partition coefficient (Wildman–Crippen LogP) is 0.342. The number of carbonyl (C=O) groups is 1. The van der Waals surface area contributed by atoms with Gasteiger partial charge in [0.25, 0.3) is 5.91 Å². The highest BCUT2D eigenvalue weighted by atomic mass is 16.3. The van der Waals surface area contributed by atoms with Gasteiger partial charge in [0, 0.05) is 6.54 Å². The molecule has 1 amide bonds. The van der Waals surface area contributed by atoms with Crippen molar-refractivity contribution in [1.82, 2.24) is 5.32 Å². The second-order valence-electron chi connectivity index (χ2n) is 3.69. The number of hydrogen-bond donors (Lipinski definition) is 3. The van der Waals surface area contributed by atoms with Crippen molar-refractivity contribution >= 4 is 12.0 Å². The highest BCUT2D eigenvalue weighted by Gasteiger charge is 2.11. The lowest BCUT2D eigenvalue weighted by Crippen LogP contribution is -2.37. The van der Waals surface area contributed by atoms with Crippen LogP contribution >= 0.6 is 0 Å². The van der Waals surface area contributed by atoms with Crippen molar-refractivity contribution < 1.29 is 15.0 Å². The zero-order valence-corrected chi connectivity index (χ0v) is 9.60. The van der Waals surface area contributed by atoms with E-state index in [4.69, 9.17) is 10.2 Å². The molecule has 1 aromatic carbocycles. The summed E-state index contributed by atoms with van der Waals surface area (Å²) in [5.74, 6) is -0.546. The summed E-state index contributed by atoms with van der Waals surface area (Å²) in [6.07, 6.45) is 1.11. The van der Waals surface area contributed by atoms with Gasteiger partial charge < -0.3 is 15.5 Å². The molecule has 0 aliphatic carbocycles. The summed E-state index contributed by atoms with van der Waals surface area (Å²) in [5, 5.41) is 20.1. The molecule has 0 aromatic heterocycles. The number of carbonyl (C=O) groups excluding carboxylic acids is 1. The van der Waals surface area contributed by atoms with E-state index < -0.39 is 18.6 Å². The van der Waals surface area contributed by atoms with E-state index in [1.807, 2.05) is 24.3 Å². The molecule has 17 heavy (non-hydrogen) atoms. The van der Waals surface area contributed by atoms with Crippen LogP contribution in [0.2, 0.25) is 0 Å². The minimum atomic E-state index is -1.34. The normalized spacial score (nSPS) is 11.9. The van der Waals surface area contributed by atoms with Crippen LogP contribution in [-0.4, -0.2) is 35.4 Å². The van der Waals surface area contributed by atoms with Gasteiger partial charge in [0.05, 0.1) is 6.61 Å². The molecular formula is C13H17NO3. The number of aliphatic hydroxyl groups excluding tert-OH is 2. The van der Waals surface area contributed by atoms with Gasteiger partial charge in [-0.15, -0.1) is 0 Å². The van der Waals surface area contributed by atoms with Crippen LogP contribution in [0.5, 0.6) is 0 Å². The van der Waals surface area contributed by atoms with Gasteiger partial charge >= 0.3 is 0 Å². The lowest BCUT2D eigenvalue weighted by atomic mass is 10.1. The summed E-state index contributed by atoms with van der Waals surface area (Å²) in [7, 11) is 0. The Morgan fingerprint density at radius 1 is 1.41 bits per heavy atom. The molecule has 3 N–H and O–H groups in total. The first-order valence-corrected chi connectivity index (χ1v) is 5.45. The first-order valence-electron chi connectivity index (χ1n) is 5.45. The smallest absolute Gasteiger partial charge is 0.251 e. The summed E-state index contributed by atoms with van der Waals surface area (Å²) in [6.45, 7) is 3.54. The van der Waals surface area contributed by atoms with Crippen molar-refractivity contribution in [2.24, 2.45) is 0 Å². The standard InChI is InChI=1S/C13H17NO3/c1-2-10-3-5-11(6-4-10)7-8-14-13(17)12(16)9-15/h2-6,12,15-16H,1,7-9H2,(H,14,17)/t12-/m1/s1. The van der Waals surface area contributed by atoms with Crippen LogP contribution in [0.1, 0.15) is 11.1 Å². The summed E-state index contributed by atoms with van der Waals surface area (Å²) in [4.78, 5) is 11.1. The zero-order chi connectivity index (χ0) is 12.7. The second kappa shape index (κ2) is 6.83. The lowest BCUT2D eigenvalue weighted by molar-refractivity contribution is -0.131. The highest BCUT2D eigenvalue weighted by Crippen LogP contribution is 2.05. The molecule has 1 rings (SSSR count). The van der Waals surface area contributed by atoms with Gasteiger partial charge in [-0.25, -0.2) is 0 Å².